The van der Waals surface area contributed by atoms with Crippen molar-refractivity contribution < 1.29 is 14.6 Å². The summed E-state index contributed by atoms with van der Waals surface area (Å²) in [6.45, 7) is 1.43. The second-order valence-corrected chi connectivity index (χ2v) is 2.90. The number of nitro benzene ring substituents is 2. The van der Waals surface area contributed by atoms with E-state index in [4.69, 9.17) is 0 Å². The summed E-state index contributed by atoms with van der Waals surface area (Å²) >= 11 is 0. The third kappa shape index (κ3) is 1.95. The van der Waals surface area contributed by atoms with Gasteiger partial charge in [0, 0.05) is 11.6 Å². The van der Waals surface area contributed by atoms with Gasteiger partial charge in [-0.2, -0.15) is 0 Å². The van der Waals surface area contributed by atoms with Gasteiger partial charge in [0.25, 0.3) is 5.69 Å². The summed E-state index contributed by atoms with van der Waals surface area (Å²) in [5.41, 5.74) is -1.14. The minimum Gasteiger partial charge on any atom is -0.317 e. The molecule has 8 nitrogen and oxygen atoms in total. The smallest absolute Gasteiger partial charge is 0.302 e. The van der Waals surface area contributed by atoms with E-state index in [2.05, 4.69) is 0 Å². The van der Waals surface area contributed by atoms with E-state index in [9.17, 15) is 25.0 Å². The molecule has 0 atom stereocenters. The van der Waals surface area contributed by atoms with E-state index in [-0.39, 0.29) is 12.0 Å². The van der Waals surface area contributed by atoms with Crippen molar-refractivity contribution in [1.82, 2.24) is 0 Å². The Morgan fingerprint density at radius 3 is 2.31 bits per heavy atom. The zero-order valence-corrected chi connectivity index (χ0v) is 8.17. The Balaban J connectivity index is 3.55. The molecule has 84 valence electrons. The maximum atomic E-state index is 10.7. The molecule has 1 aromatic carbocycles. The third-order valence-electron chi connectivity index (χ3n) is 1.94. The Bertz CT molecular complexity index is 471. The number of anilines is 1. The number of rotatable bonds is 4. The molecule has 16 heavy (non-hydrogen) atoms. The van der Waals surface area contributed by atoms with E-state index >= 15 is 0 Å². The number of amides is 1. The first kappa shape index (κ1) is 11.6. The number of carbonyl (C=O) groups excluding carboxylic acids is 1. The standard InChI is InChI=1S/C8H7N3O5/c1-5-2-3-6(10(13)14)7(9-4-12)8(5)11(15)16/h2-4H,1H3,(H,9,12). The lowest BCUT2D eigenvalue weighted by Crippen LogP contribution is -2.05. The zero-order valence-electron chi connectivity index (χ0n) is 8.17. The van der Waals surface area contributed by atoms with Crippen LogP contribution in [0.4, 0.5) is 17.1 Å². The van der Waals surface area contributed by atoms with E-state index in [0.29, 0.717) is 0 Å². The van der Waals surface area contributed by atoms with Crippen molar-refractivity contribution in [2.45, 2.75) is 6.92 Å². The number of hydrogen-bond acceptors (Lipinski definition) is 5. The molecule has 0 spiro atoms. The molecule has 0 saturated carbocycles. The Morgan fingerprint density at radius 1 is 1.25 bits per heavy atom. The largest absolute Gasteiger partial charge is 0.317 e. The highest BCUT2D eigenvalue weighted by Gasteiger charge is 2.26. The number of carbonyl (C=O) groups is 1. The molecule has 0 bridgehead atoms. The number of benzene rings is 1. The van der Waals surface area contributed by atoms with Crippen LogP contribution in [-0.2, 0) is 4.79 Å². The molecular weight excluding hydrogens is 218 g/mol. The van der Waals surface area contributed by atoms with E-state index in [1.807, 2.05) is 5.32 Å². The molecule has 0 aromatic heterocycles. The Labute approximate surface area is 89.2 Å². The van der Waals surface area contributed by atoms with Gasteiger partial charge in [-0.1, -0.05) is 0 Å². The van der Waals surface area contributed by atoms with Gasteiger partial charge in [-0.15, -0.1) is 0 Å². The third-order valence-corrected chi connectivity index (χ3v) is 1.94. The van der Waals surface area contributed by atoms with Crippen LogP contribution < -0.4 is 5.32 Å². The van der Waals surface area contributed by atoms with Crippen molar-refractivity contribution in [2.75, 3.05) is 5.32 Å². The molecule has 1 amide bonds. The first-order chi connectivity index (χ1) is 7.49. The minimum absolute atomic E-state index is 0.161. The van der Waals surface area contributed by atoms with Crippen LogP contribution in [0.2, 0.25) is 0 Å². The van der Waals surface area contributed by atoms with Gasteiger partial charge in [0.1, 0.15) is 0 Å². The topological polar surface area (TPSA) is 115 Å². The zero-order chi connectivity index (χ0) is 12.3. The van der Waals surface area contributed by atoms with E-state index in [1.165, 1.54) is 13.0 Å². The monoisotopic (exact) mass is 225 g/mol. The molecule has 0 unspecified atom stereocenters. The average Bonchev–Trinajstić information content (AvgIpc) is 2.17. The van der Waals surface area contributed by atoms with Crippen LogP contribution in [0.3, 0.4) is 0 Å². The van der Waals surface area contributed by atoms with Crippen LogP contribution in [0, 0.1) is 27.2 Å². The van der Waals surface area contributed by atoms with Gasteiger partial charge in [0.2, 0.25) is 6.41 Å². The summed E-state index contributed by atoms with van der Waals surface area (Å²) in [4.78, 5) is 30.0. The molecule has 1 rings (SSSR count). The number of aryl methyl sites for hydroxylation is 1. The molecule has 0 aliphatic heterocycles. The summed E-state index contributed by atoms with van der Waals surface area (Å²) in [5, 5.41) is 23.3. The number of nitrogens with zero attached hydrogens (tertiary/aromatic N) is 2. The molecular formula is C8H7N3O5. The van der Waals surface area contributed by atoms with Gasteiger partial charge in [-0.05, 0) is 13.0 Å². The molecule has 1 N–H and O–H groups in total. The van der Waals surface area contributed by atoms with Gasteiger partial charge in [-0.3, -0.25) is 25.0 Å². The van der Waals surface area contributed by atoms with Gasteiger partial charge >= 0.3 is 5.69 Å². The fourth-order valence-corrected chi connectivity index (χ4v) is 1.27. The maximum Gasteiger partial charge on any atom is 0.302 e. The van der Waals surface area contributed by atoms with Gasteiger partial charge < -0.3 is 5.32 Å². The van der Waals surface area contributed by atoms with Crippen LogP contribution in [0.15, 0.2) is 12.1 Å². The lowest BCUT2D eigenvalue weighted by Gasteiger charge is -2.04. The molecule has 0 saturated heterocycles. The molecule has 0 heterocycles. The van der Waals surface area contributed by atoms with Crippen LogP contribution in [0.25, 0.3) is 0 Å². The second kappa shape index (κ2) is 4.34. The highest BCUT2D eigenvalue weighted by molar-refractivity contribution is 5.85. The summed E-state index contributed by atoms with van der Waals surface area (Å²) in [6.07, 6.45) is 0.161. The van der Waals surface area contributed by atoms with Crippen LogP contribution in [0.1, 0.15) is 5.56 Å². The number of nitrogens with one attached hydrogen (secondary N) is 1. The fourth-order valence-electron chi connectivity index (χ4n) is 1.27. The van der Waals surface area contributed by atoms with Crippen LogP contribution >= 0.6 is 0 Å². The highest BCUT2D eigenvalue weighted by atomic mass is 16.6. The van der Waals surface area contributed by atoms with Crippen molar-refractivity contribution >= 4 is 23.5 Å². The number of nitro groups is 2. The second-order valence-electron chi connectivity index (χ2n) is 2.90. The molecule has 1 aromatic rings. The van der Waals surface area contributed by atoms with E-state index in [0.717, 1.165) is 6.07 Å². The van der Waals surface area contributed by atoms with Crippen molar-refractivity contribution in [1.29, 1.82) is 0 Å². The van der Waals surface area contributed by atoms with Crippen LogP contribution in [-0.4, -0.2) is 16.3 Å². The predicted molar refractivity (Wildman–Crippen MR) is 54.2 cm³/mol. The van der Waals surface area contributed by atoms with Crippen molar-refractivity contribution in [3.05, 3.63) is 37.9 Å². The van der Waals surface area contributed by atoms with E-state index < -0.39 is 26.9 Å². The lowest BCUT2D eigenvalue weighted by molar-refractivity contribution is -0.392. The molecule has 0 radical (unpaired) electrons. The van der Waals surface area contributed by atoms with E-state index in [1.54, 1.807) is 0 Å². The van der Waals surface area contributed by atoms with Gasteiger partial charge in [0.15, 0.2) is 5.69 Å². The summed E-state index contributed by atoms with van der Waals surface area (Å²) in [7, 11) is 0. The Kier molecular flexibility index (Phi) is 3.14. The predicted octanol–water partition coefficient (Wildman–Crippen LogP) is 1.38. The maximum absolute atomic E-state index is 10.7. The summed E-state index contributed by atoms with van der Waals surface area (Å²) < 4.78 is 0. The minimum atomic E-state index is -0.793. The van der Waals surface area contributed by atoms with Gasteiger partial charge in [-0.25, -0.2) is 0 Å². The number of hydrogen-bond donors (Lipinski definition) is 1. The Morgan fingerprint density at radius 2 is 1.88 bits per heavy atom. The SMILES string of the molecule is Cc1ccc([N+](=O)[O-])c(NC=O)c1[N+](=O)[O-]. The average molecular weight is 225 g/mol. The molecule has 0 fully saturated rings. The fraction of sp³-hybridized carbons (Fsp3) is 0.125. The molecule has 0 aliphatic carbocycles. The summed E-state index contributed by atoms with van der Waals surface area (Å²) in [6, 6.07) is 2.36. The quantitative estimate of drug-likeness (QED) is 0.472. The van der Waals surface area contributed by atoms with Gasteiger partial charge in [0.05, 0.1) is 9.85 Å². The lowest BCUT2D eigenvalue weighted by atomic mass is 10.1. The molecule has 8 heteroatoms. The highest BCUT2D eigenvalue weighted by Crippen LogP contribution is 2.36. The summed E-state index contributed by atoms with van der Waals surface area (Å²) in [5.74, 6) is 0. The van der Waals surface area contributed by atoms with Crippen molar-refractivity contribution in [3.63, 3.8) is 0 Å². The first-order valence-electron chi connectivity index (χ1n) is 4.11. The Hall–Kier alpha value is -2.51. The molecule has 0 aliphatic rings. The first-order valence-corrected chi connectivity index (χ1v) is 4.11. The van der Waals surface area contributed by atoms with Crippen molar-refractivity contribution in [2.24, 2.45) is 0 Å². The van der Waals surface area contributed by atoms with Crippen molar-refractivity contribution in [3.8, 4) is 0 Å². The normalized spacial score (nSPS) is 9.56. The van der Waals surface area contributed by atoms with Crippen LogP contribution in [0.5, 0.6) is 0 Å².